The molecule has 0 rings (SSSR count). The van der Waals surface area contributed by atoms with E-state index in [2.05, 4.69) is 0 Å². The first kappa shape index (κ1) is 13.7. The zero-order valence-electron chi connectivity index (χ0n) is 4.89. The molecule has 0 unspecified atom stereocenters. The van der Waals surface area contributed by atoms with Gasteiger partial charge in [0.15, 0.2) is 0 Å². The summed E-state index contributed by atoms with van der Waals surface area (Å²) in [6.07, 6.45) is 0. The van der Waals surface area contributed by atoms with Gasteiger partial charge in [0.1, 0.15) is 0 Å². The predicted octanol–water partition coefficient (Wildman–Crippen LogP) is -0.0539. The summed E-state index contributed by atoms with van der Waals surface area (Å²) in [4.78, 5) is 29.7. The zero-order valence-corrected chi connectivity index (χ0v) is 7.29. The van der Waals surface area contributed by atoms with Gasteiger partial charge in [0.2, 0.25) is 4.84 Å². The molecule has 0 aromatic rings. The fraction of sp³-hybridized carbons (Fsp3) is 0.500. The van der Waals surface area contributed by atoms with E-state index in [0.29, 0.717) is 0 Å². The summed E-state index contributed by atoms with van der Waals surface area (Å²) in [6, 6.07) is 0. The minimum absolute atomic E-state index is 1.21. The molecule has 0 saturated heterocycles. The van der Waals surface area contributed by atoms with E-state index < -0.39 is 18.6 Å². The molecule has 6 nitrogen and oxygen atoms in total. The Morgan fingerprint density at radius 1 is 1.27 bits per heavy atom. The van der Waals surface area contributed by atoms with Crippen molar-refractivity contribution in [3.8, 4) is 0 Å². The van der Waals surface area contributed by atoms with Crippen molar-refractivity contribution in [2.24, 2.45) is 0 Å². The van der Waals surface area contributed by atoms with Crippen molar-refractivity contribution in [1.29, 1.82) is 0 Å². The molecule has 0 aliphatic rings. The van der Waals surface area contributed by atoms with E-state index in [1.807, 2.05) is 0 Å². The van der Waals surface area contributed by atoms with Crippen molar-refractivity contribution < 1.29 is 29.1 Å². The van der Waals surface area contributed by atoms with Crippen molar-refractivity contribution >= 4 is 37.0 Å². The van der Waals surface area contributed by atoms with Gasteiger partial charge in [-0.15, -0.1) is 0 Å². The van der Waals surface area contributed by atoms with Crippen LogP contribution < -0.4 is 0 Å². The Bertz CT molecular complexity index is 154. The molecule has 0 spiro atoms. The first-order valence-corrected chi connectivity index (χ1v) is 4.37. The number of hydrogen-bond acceptors (Lipinski definition) is 2. The Kier molecular flexibility index (Phi) is 7.20. The molecule has 68 valence electrons. The number of carboxylic acids is 1. The topological polar surface area (TPSA) is 115 Å². The van der Waals surface area contributed by atoms with Gasteiger partial charge in [-0.3, -0.25) is 0 Å². The lowest BCUT2D eigenvalue weighted by atomic mass is 10.8. The number of halogens is 2. The van der Waals surface area contributed by atoms with Gasteiger partial charge in [0.05, 0.1) is 0 Å². The summed E-state index contributed by atoms with van der Waals surface area (Å²) < 4.78 is 8.88. The van der Waals surface area contributed by atoms with Crippen molar-refractivity contribution in [2.75, 3.05) is 0 Å². The van der Waals surface area contributed by atoms with Gasteiger partial charge in [0.25, 0.3) is 0 Å². The van der Waals surface area contributed by atoms with Crippen LogP contribution in [-0.4, -0.2) is 30.6 Å². The fourth-order valence-electron chi connectivity index (χ4n) is 0. The number of carbonyl (C=O) groups is 1. The Labute approximate surface area is 71.6 Å². The molecular weight excluding hydrogens is 222 g/mol. The molecule has 0 aliphatic carbocycles. The number of hydrogen-bond donors (Lipinski definition) is 4. The van der Waals surface area contributed by atoms with E-state index in [1.54, 1.807) is 0 Å². The Morgan fingerprint density at radius 2 is 1.36 bits per heavy atom. The molecule has 9 heteroatoms. The molecule has 0 aliphatic heterocycles. The van der Waals surface area contributed by atoms with E-state index in [1.165, 1.54) is 0 Å². The van der Waals surface area contributed by atoms with Crippen molar-refractivity contribution in [1.82, 2.24) is 0 Å². The summed E-state index contributed by atoms with van der Waals surface area (Å²) in [7, 11) is -4.64. The minimum Gasteiger partial charge on any atom is -0.479 e. The summed E-state index contributed by atoms with van der Waals surface area (Å²) in [5, 5.41) is 7.73. The molecule has 0 bridgehead atoms. The number of rotatable bonds is 1. The Morgan fingerprint density at radius 3 is 1.36 bits per heavy atom. The second-order valence-electron chi connectivity index (χ2n) is 1.15. The first-order chi connectivity index (χ1) is 4.64. The third kappa shape index (κ3) is 39.1. The van der Waals surface area contributed by atoms with Crippen LogP contribution in [0.5, 0.6) is 0 Å². The Hall–Kier alpha value is 0.160. The van der Waals surface area contributed by atoms with Crippen LogP contribution in [0.4, 0.5) is 0 Å². The maximum Gasteiger partial charge on any atom is 0.466 e. The van der Waals surface area contributed by atoms with Crippen molar-refractivity contribution in [2.45, 2.75) is 4.84 Å². The van der Waals surface area contributed by atoms with E-state index in [4.69, 9.17) is 47.6 Å². The van der Waals surface area contributed by atoms with Gasteiger partial charge >= 0.3 is 13.8 Å². The quantitative estimate of drug-likeness (QED) is 0.368. The van der Waals surface area contributed by atoms with E-state index in [9.17, 15) is 4.79 Å². The first-order valence-electron chi connectivity index (χ1n) is 1.94. The third-order valence-electron chi connectivity index (χ3n) is 0.187. The highest BCUT2D eigenvalue weighted by atomic mass is 35.5. The summed E-state index contributed by atoms with van der Waals surface area (Å²) in [5.41, 5.74) is 0. The standard InChI is InChI=1S/C2H2Cl2O2.H3O4P/c3-1(4)2(5)6;1-5(2,3)4/h1H,(H,5,6);(H3,1,2,3,4). The number of alkyl halides is 2. The van der Waals surface area contributed by atoms with Crippen molar-refractivity contribution in [3.05, 3.63) is 0 Å². The van der Waals surface area contributed by atoms with E-state index in [0.717, 1.165) is 0 Å². The molecule has 0 amide bonds. The predicted molar refractivity (Wildman–Crippen MR) is 37.4 cm³/mol. The number of aliphatic carboxylic acids is 1. The average molecular weight is 227 g/mol. The van der Waals surface area contributed by atoms with Crippen molar-refractivity contribution in [3.63, 3.8) is 0 Å². The average Bonchev–Trinajstić information content (AvgIpc) is 1.59. The Balaban J connectivity index is 0. The van der Waals surface area contributed by atoms with Crippen LogP contribution in [0.15, 0.2) is 0 Å². The molecule has 0 aromatic heterocycles. The third-order valence-corrected chi connectivity index (χ3v) is 0.560. The highest BCUT2D eigenvalue weighted by molar-refractivity contribution is 7.45. The molecule has 0 radical (unpaired) electrons. The van der Waals surface area contributed by atoms with E-state index in [-0.39, 0.29) is 0 Å². The van der Waals surface area contributed by atoms with Crippen LogP contribution in [0.3, 0.4) is 0 Å². The molecule has 11 heavy (non-hydrogen) atoms. The molecule has 0 atom stereocenters. The normalized spacial score (nSPS) is 10.4. The molecule has 0 saturated carbocycles. The van der Waals surface area contributed by atoms with Gasteiger partial charge in [0, 0.05) is 0 Å². The second-order valence-corrected chi connectivity index (χ2v) is 3.28. The smallest absolute Gasteiger partial charge is 0.466 e. The van der Waals surface area contributed by atoms with Crippen LogP contribution in [0.1, 0.15) is 0 Å². The molecule has 4 N–H and O–H groups in total. The number of phosphoric acid groups is 1. The van der Waals surface area contributed by atoms with Crippen LogP contribution in [0.25, 0.3) is 0 Å². The second kappa shape index (κ2) is 5.77. The largest absolute Gasteiger partial charge is 0.479 e. The highest BCUT2D eigenvalue weighted by Crippen LogP contribution is 2.25. The van der Waals surface area contributed by atoms with Crippen LogP contribution in [0.2, 0.25) is 0 Å². The van der Waals surface area contributed by atoms with Crippen LogP contribution in [-0.2, 0) is 9.36 Å². The lowest BCUT2D eigenvalue weighted by Gasteiger charge is -1.84. The summed E-state index contributed by atoms with van der Waals surface area (Å²) in [6.45, 7) is 0. The van der Waals surface area contributed by atoms with Gasteiger partial charge in [-0.2, -0.15) is 0 Å². The molecular formula is C2H5Cl2O6P. The minimum atomic E-state index is -4.64. The van der Waals surface area contributed by atoms with Gasteiger partial charge in [-0.05, 0) is 0 Å². The van der Waals surface area contributed by atoms with Gasteiger partial charge in [-0.1, -0.05) is 23.2 Å². The summed E-state index contributed by atoms with van der Waals surface area (Å²) in [5.74, 6) is -1.21. The monoisotopic (exact) mass is 226 g/mol. The lowest BCUT2D eigenvalue weighted by molar-refractivity contribution is -0.135. The van der Waals surface area contributed by atoms with Gasteiger partial charge < -0.3 is 19.8 Å². The van der Waals surface area contributed by atoms with Crippen LogP contribution in [0, 0.1) is 0 Å². The lowest BCUT2D eigenvalue weighted by Crippen LogP contribution is -2.03. The maximum atomic E-state index is 9.44. The van der Waals surface area contributed by atoms with E-state index >= 15 is 0 Å². The molecule has 0 heterocycles. The van der Waals surface area contributed by atoms with Gasteiger partial charge in [-0.25, -0.2) is 9.36 Å². The number of carboxylic acid groups (broad SMARTS) is 1. The zero-order chi connectivity index (χ0) is 9.65. The molecule has 0 aromatic carbocycles. The fourth-order valence-corrected chi connectivity index (χ4v) is 0. The SMILES string of the molecule is O=C(O)C(Cl)Cl.O=P(O)(O)O. The molecule has 0 fully saturated rings. The maximum absolute atomic E-state index is 9.44. The van der Waals surface area contributed by atoms with Crippen LogP contribution >= 0.6 is 31.0 Å². The summed E-state index contributed by atoms with van der Waals surface area (Å²) >= 11 is 9.56. The highest BCUT2D eigenvalue weighted by Gasteiger charge is 2.05.